The van der Waals surface area contributed by atoms with E-state index in [1.165, 1.54) is 12.1 Å². The van der Waals surface area contributed by atoms with E-state index in [9.17, 15) is 8.78 Å². The predicted molar refractivity (Wildman–Crippen MR) is 70.7 cm³/mol. The van der Waals surface area contributed by atoms with Crippen LogP contribution in [0.4, 0.5) is 8.78 Å². The van der Waals surface area contributed by atoms with Gasteiger partial charge in [-0.05, 0) is 36.4 Å². The first-order valence-corrected chi connectivity index (χ1v) is 6.38. The summed E-state index contributed by atoms with van der Waals surface area (Å²) in [5.74, 6) is -0.739. The SMILES string of the molecule is CC(C)(CNCCCS)c1ccc(F)c(F)c1. The Balaban J connectivity index is 2.64. The Hall–Kier alpha value is -0.610. The van der Waals surface area contributed by atoms with E-state index in [1.807, 2.05) is 13.8 Å². The van der Waals surface area contributed by atoms with Gasteiger partial charge in [-0.2, -0.15) is 12.6 Å². The summed E-state index contributed by atoms with van der Waals surface area (Å²) in [6.45, 7) is 5.63. The van der Waals surface area contributed by atoms with Crippen LogP contribution in [-0.4, -0.2) is 18.8 Å². The number of hydrogen-bond acceptors (Lipinski definition) is 2. The Morgan fingerprint density at radius 1 is 1.24 bits per heavy atom. The number of rotatable bonds is 6. The molecule has 4 heteroatoms. The van der Waals surface area contributed by atoms with Gasteiger partial charge in [0.15, 0.2) is 11.6 Å². The van der Waals surface area contributed by atoms with Crippen molar-refractivity contribution in [2.24, 2.45) is 0 Å². The normalized spacial score (nSPS) is 11.8. The van der Waals surface area contributed by atoms with E-state index in [2.05, 4.69) is 17.9 Å². The summed E-state index contributed by atoms with van der Waals surface area (Å²) < 4.78 is 26.0. The standard InChI is InChI=1S/C13H19F2NS/c1-13(2,9-16-6-3-7-17)10-4-5-11(14)12(15)8-10/h4-5,8,16-17H,3,6-7,9H2,1-2H3. The fourth-order valence-corrected chi connectivity index (χ4v) is 1.78. The number of benzene rings is 1. The lowest BCUT2D eigenvalue weighted by molar-refractivity contribution is 0.458. The van der Waals surface area contributed by atoms with E-state index < -0.39 is 11.6 Å². The second-order valence-corrected chi connectivity index (χ2v) is 5.21. The molecule has 1 nitrogen and oxygen atoms in total. The van der Waals surface area contributed by atoms with Crippen LogP contribution in [0.3, 0.4) is 0 Å². The molecule has 1 aromatic carbocycles. The average molecular weight is 259 g/mol. The molecule has 0 spiro atoms. The van der Waals surface area contributed by atoms with Crippen LogP contribution >= 0.6 is 12.6 Å². The first kappa shape index (κ1) is 14.5. The predicted octanol–water partition coefficient (Wildman–Crippen LogP) is 3.15. The fourth-order valence-electron chi connectivity index (χ4n) is 1.62. The lowest BCUT2D eigenvalue weighted by Crippen LogP contribution is -2.33. The summed E-state index contributed by atoms with van der Waals surface area (Å²) >= 11 is 4.13. The van der Waals surface area contributed by atoms with Crippen LogP contribution in [0.1, 0.15) is 25.8 Å². The molecule has 1 N–H and O–H groups in total. The van der Waals surface area contributed by atoms with E-state index in [0.717, 1.165) is 30.8 Å². The molecule has 0 fully saturated rings. The molecule has 0 saturated carbocycles. The molecule has 1 aromatic rings. The third kappa shape index (κ3) is 4.28. The second kappa shape index (κ2) is 6.36. The number of nitrogens with one attached hydrogen (secondary N) is 1. The molecule has 0 amide bonds. The minimum Gasteiger partial charge on any atom is -0.316 e. The van der Waals surface area contributed by atoms with Gasteiger partial charge in [0.05, 0.1) is 0 Å². The minimum absolute atomic E-state index is 0.217. The van der Waals surface area contributed by atoms with Crippen molar-refractivity contribution in [2.75, 3.05) is 18.8 Å². The molecule has 0 aromatic heterocycles. The molecule has 0 aliphatic rings. The van der Waals surface area contributed by atoms with E-state index in [0.29, 0.717) is 0 Å². The zero-order chi connectivity index (χ0) is 12.9. The zero-order valence-corrected chi connectivity index (χ0v) is 11.2. The summed E-state index contributed by atoms with van der Waals surface area (Å²) in [6, 6.07) is 4.09. The molecular formula is C13H19F2NS. The van der Waals surface area contributed by atoms with Gasteiger partial charge in [0.1, 0.15) is 0 Å². The summed E-state index contributed by atoms with van der Waals surface area (Å²) in [7, 11) is 0. The summed E-state index contributed by atoms with van der Waals surface area (Å²) in [5.41, 5.74) is 0.584. The van der Waals surface area contributed by atoms with Crippen molar-refractivity contribution in [3.63, 3.8) is 0 Å². The second-order valence-electron chi connectivity index (χ2n) is 4.77. The molecule has 0 atom stereocenters. The topological polar surface area (TPSA) is 12.0 Å². The highest BCUT2D eigenvalue weighted by atomic mass is 32.1. The molecule has 0 saturated heterocycles. The van der Waals surface area contributed by atoms with Crippen LogP contribution in [0.15, 0.2) is 18.2 Å². The molecule has 0 aliphatic heterocycles. The van der Waals surface area contributed by atoms with Gasteiger partial charge in [0.25, 0.3) is 0 Å². The maximum Gasteiger partial charge on any atom is 0.159 e. The van der Waals surface area contributed by atoms with E-state index >= 15 is 0 Å². The van der Waals surface area contributed by atoms with Crippen molar-refractivity contribution >= 4 is 12.6 Å². The highest BCUT2D eigenvalue weighted by molar-refractivity contribution is 7.80. The van der Waals surface area contributed by atoms with Gasteiger partial charge in [-0.15, -0.1) is 0 Å². The Morgan fingerprint density at radius 2 is 1.94 bits per heavy atom. The van der Waals surface area contributed by atoms with Gasteiger partial charge < -0.3 is 5.32 Å². The molecule has 17 heavy (non-hydrogen) atoms. The van der Waals surface area contributed by atoms with Crippen molar-refractivity contribution < 1.29 is 8.78 Å². The van der Waals surface area contributed by atoms with Crippen molar-refractivity contribution in [2.45, 2.75) is 25.7 Å². The Kier molecular flexibility index (Phi) is 5.40. The van der Waals surface area contributed by atoms with Gasteiger partial charge in [-0.25, -0.2) is 8.78 Å². The van der Waals surface area contributed by atoms with Crippen molar-refractivity contribution in [3.05, 3.63) is 35.4 Å². The van der Waals surface area contributed by atoms with Crippen LogP contribution < -0.4 is 5.32 Å². The maximum atomic E-state index is 13.1. The highest BCUT2D eigenvalue weighted by Gasteiger charge is 2.21. The summed E-state index contributed by atoms with van der Waals surface area (Å²) in [6.07, 6.45) is 0.997. The quantitative estimate of drug-likeness (QED) is 0.591. The smallest absolute Gasteiger partial charge is 0.159 e. The van der Waals surface area contributed by atoms with Gasteiger partial charge in [0.2, 0.25) is 0 Å². The molecule has 1 rings (SSSR count). The third-order valence-electron chi connectivity index (χ3n) is 2.78. The van der Waals surface area contributed by atoms with Crippen LogP contribution in [0.2, 0.25) is 0 Å². The lowest BCUT2D eigenvalue weighted by atomic mass is 9.84. The lowest BCUT2D eigenvalue weighted by Gasteiger charge is -2.26. The number of halogens is 2. The van der Waals surface area contributed by atoms with Crippen molar-refractivity contribution in [1.82, 2.24) is 5.32 Å². The number of hydrogen-bond donors (Lipinski definition) is 2. The van der Waals surface area contributed by atoms with Crippen LogP contribution in [0, 0.1) is 11.6 Å². The van der Waals surface area contributed by atoms with Crippen LogP contribution in [0.25, 0.3) is 0 Å². The third-order valence-corrected chi connectivity index (χ3v) is 3.10. The van der Waals surface area contributed by atoms with E-state index in [1.54, 1.807) is 6.07 Å². The van der Waals surface area contributed by atoms with E-state index in [4.69, 9.17) is 0 Å². The van der Waals surface area contributed by atoms with Crippen molar-refractivity contribution in [1.29, 1.82) is 0 Å². The van der Waals surface area contributed by atoms with Gasteiger partial charge in [-0.3, -0.25) is 0 Å². The monoisotopic (exact) mass is 259 g/mol. The molecule has 0 aliphatic carbocycles. The highest BCUT2D eigenvalue weighted by Crippen LogP contribution is 2.23. The van der Waals surface area contributed by atoms with Crippen LogP contribution in [-0.2, 0) is 5.41 Å². The average Bonchev–Trinajstić information content (AvgIpc) is 2.28. The molecule has 0 heterocycles. The zero-order valence-electron chi connectivity index (χ0n) is 10.3. The molecule has 96 valence electrons. The summed E-state index contributed by atoms with van der Waals surface area (Å²) in [5, 5.41) is 3.29. The maximum absolute atomic E-state index is 13.1. The Bertz CT molecular complexity index is 366. The molecule has 0 bridgehead atoms. The van der Waals surface area contributed by atoms with Crippen molar-refractivity contribution in [3.8, 4) is 0 Å². The molecule has 0 radical (unpaired) electrons. The van der Waals surface area contributed by atoms with Gasteiger partial charge in [0, 0.05) is 12.0 Å². The first-order chi connectivity index (χ1) is 7.97. The first-order valence-electron chi connectivity index (χ1n) is 5.74. The largest absolute Gasteiger partial charge is 0.316 e. The van der Waals surface area contributed by atoms with Crippen LogP contribution in [0.5, 0.6) is 0 Å². The molecule has 0 unspecified atom stereocenters. The molecular weight excluding hydrogens is 240 g/mol. The van der Waals surface area contributed by atoms with Gasteiger partial charge >= 0.3 is 0 Å². The van der Waals surface area contributed by atoms with E-state index in [-0.39, 0.29) is 5.41 Å². The Morgan fingerprint density at radius 3 is 2.53 bits per heavy atom. The Labute approximate surface area is 107 Å². The fraction of sp³-hybridized carbons (Fsp3) is 0.538. The number of thiol groups is 1. The minimum atomic E-state index is -0.799. The van der Waals surface area contributed by atoms with Gasteiger partial charge in [-0.1, -0.05) is 19.9 Å². The summed E-state index contributed by atoms with van der Waals surface area (Å²) in [4.78, 5) is 0.